The molecule has 0 unspecified atom stereocenters. The summed E-state index contributed by atoms with van der Waals surface area (Å²) in [5, 5.41) is 4.44. The number of nitrogens with zero attached hydrogens (tertiary/aromatic N) is 1. The minimum absolute atomic E-state index is 0.0536. The van der Waals surface area contributed by atoms with Crippen molar-refractivity contribution < 1.29 is 18.9 Å². The van der Waals surface area contributed by atoms with E-state index in [4.69, 9.17) is 31.2 Å². The van der Waals surface area contributed by atoms with Crippen LogP contribution in [0, 0.1) is 0 Å². The quantitative estimate of drug-likeness (QED) is 0.578. The predicted molar refractivity (Wildman–Crippen MR) is 134 cm³/mol. The van der Waals surface area contributed by atoms with Crippen molar-refractivity contribution in [2.75, 3.05) is 34.5 Å². The summed E-state index contributed by atoms with van der Waals surface area (Å²) in [5.74, 6) is 2.90. The molecular weight excluding hydrogens is 436 g/mol. The number of hydrogen-bond acceptors (Lipinski definition) is 5. The first-order valence-electron chi connectivity index (χ1n) is 11.7. The van der Waals surface area contributed by atoms with Gasteiger partial charge in [-0.15, -0.1) is 0 Å². The number of hydrogen-bond donors (Lipinski definition) is 1. The zero-order valence-electron chi connectivity index (χ0n) is 19.8. The topological polar surface area (TPSA) is 52.2 Å². The van der Waals surface area contributed by atoms with Crippen LogP contribution in [0.3, 0.4) is 0 Å². The summed E-state index contributed by atoms with van der Waals surface area (Å²) in [4.78, 5) is 2.27. The van der Waals surface area contributed by atoms with Gasteiger partial charge in [-0.3, -0.25) is 0 Å². The highest BCUT2D eigenvalue weighted by atomic mass is 32.1. The van der Waals surface area contributed by atoms with Crippen molar-refractivity contribution in [1.29, 1.82) is 0 Å². The molecule has 1 atom stereocenters. The number of rotatable bonds is 7. The molecule has 1 aliphatic carbocycles. The number of ether oxygens (including phenoxy) is 4. The Kier molecular flexibility index (Phi) is 7.81. The van der Waals surface area contributed by atoms with E-state index in [1.54, 1.807) is 21.3 Å². The molecule has 0 amide bonds. The molecule has 1 aliphatic heterocycles. The lowest BCUT2D eigenvalue weighted by Gasteiger charge is -2.40. The van der Waals surface area contributed by atoms with E-state index in [2.05, 4.69) is 22.3 Å². The lowest BCUT2D eigenvalue weighted by Crippen LogP contribution is -2.50. The number of nitrogens with one attached hydrogen (secondary N) is 1. The Morgan fingerprint density at radius 1 is 0.939 bits per heavy atom. The fraction of sp³-hybridized carbons (Fsp3) is 0.500. The third kappa shape index (κ3) is 5.29. The van der Waals surface area contributed by atoms with E-state index in [1.807, 2.05) is 24.3 Å². The highest BCUT2D eigenvalue weighted by Gasteiger charge is 2.32. The maximum Gasteiger partial charge on any atom is 0.169 e. The molecule has 1 N–H and O–H groups in total. The van der Waals surface area contributed by atoms with Crippen LogP contribution in [0.5, 0.6) is 23.0 Å². The molecule has 2 aromatic rings. The summed E-state index contributed by atoms with van der Waals surface area (Å²) in [6, 6.07) is 12.3. The summed E-state index contributed by atoms with van der Waals surface area (Å²) in [6.45, 7) is 1.26. The average molecular weight is 471 g/mol. The molecule has 1 fully saturated rings. The van der Waals surface area contributed by atoms with Gasteiger partial charge in [0.05, 0.1) is 27.4 Å². The summed E-state index contributed by atoms with van der Waals surface area (Å²) in [5.41, 5.74) is 2.39. The second-order valence-electron chi connectivity index (χ2n) is 8.61. The van der Waals surface area contributed by atoms with Gasteiger partial charge in [0.25, 0.3) is 0 Å². The summed E-state index contributed by atoms with van der Waals surface area (Å²) in [7, 11) is 5.00. The van der Waals surface area contributed by atoms with E-state index in [-0.39, 0.29) is 6.04 Å². The Labute approximate surface area is 202 Å². The smallest absolute Gasteiger partial charge is 0.169 e. The van der Waals surface area contributed by atoms with E-state index in [0.717, 1.165) is 40.9 Å². The van der Waals surface area contributed by atoms with Gasteiger partial charge >= 0.3 is 0 Å². The third-order valence-corrected chi connectivity index (χ3v) is 7.01. The summed E-state index contributed by atoms with van der Waals surface area (Å²) in [6.07, 6.45) is 7.09. The summed E-state index contributed by atoms with van der Waals surface area (Å²) < 4.78 is 22.9. The molecule has 0 radical (unpaired) electrons. The van der Waals surface area contributed by atoms with Crippen molar-refractivity contribution in [2.24, 2.45) is 0 Å². The first-order chi connectivity index (χ1) is 16.1. The predicted octanol–water partition coefficient (Wildman–Crippen LogP) is 4.90. The highest BCUT2D eigenvalue weighted by molar-refractivity contribution is 7.80. The van der Waals surface area contributed by atoms with Crippen LogP contribution in [0.4, 0.5) is 0 Å². The Morgan fingerprint density at radius 3 is 2.30 bits per heavy atom. The highest BCUT2D eigenvalue weighted by Crippen LogP contribution is 2.39. The van der Waals surface area contributed by atoms with Crippen LogP contribution in [0.15, 0.2) is 36.4 Å². The fourth-order valence-electron chi connectivity index (χ4n) is 4.86. The second-order valence-corrected chi connectivity index (χ2v) is 9.00. The lowest BCUT2D eigenvalue weighted by molar-refractivity contribution is 0.181. The van der Waals surface area contributed by atoms with Crippen LogP contribution in [0.1, 0.15) is 49.3 Å². The Morgan fingerprint density at radius 2 is 1.61 bits per heavy atom. The van der Waals surface area contributed by atoms with Crippen LogP contribution in [-0.4, -0.2) is 50.5 Å². The SMILES string of the molecule is COc1cc2c(cc1OC)[C@@H](COc1ccccc1OC)N(C(=S)NC1CCCCC1)CC2. The van der Waals surface area contributed by atoms with E-state index < -0.39 is 0 Å². The second kappa shape index (κ2) is 11.0. The van der Waals surface area contributed by atoms with Gasteiger partial charge in [0.2, 0.25) is 0 Å². The van der Waals surface area contributed by atoms with Crippen molar-refractivity contribution >= 4 is 17.3 Å². The molecule has 1 heterocycles. The fourth-order valence-corrected chi connectivity index (χ4v) is 5.25. The van der Waals surface area contributed by atoms with Gasteiger partial charge in [-0.2, -0.15) is 0 Å². The zero-order chi connectivity index (χ0) is 23.2. The molecule has 178 valence electrons. The molecule has 0 aromatic heterocycles. The van der Waals surface area contributed by atoms with Crippen molar-refractivity contribution in [1.82, 2.24) is 10.2 Å². The number of thiocarbonyl (C=S) groups is 1. The monoisotopic (exact) mass is 470 g/mol. The standard InChI is InChI=1S/C26H34N2O4S/c1-29-22-11-7-8-12-23(22)32-17-21-20-16-25(31-3)24(30-2)15-18(20)13-14-28(21)26(33)27-19-9-5-4-6-10-19/h7-8,11-12,15-16,19,21H,4-6,9-10,13-14,17H2,1-3H3,(H,27,33)/t21-/m1/s1. The third-order valence-electron chi connectivity index (χ3n) is 6.66. The van der Waals surface area contributed by atoms with Gasteiger partial charge in [0.15, 0.2) is 28.1 Å². The van der Waals surface area contributed by atoms with Gasteiger partial charge in [-0.05, 0) is 66.9 Å². The average Bonchev–Trinajstić information content (AvgIpc) is 2.86. The maximum atomic E-state index is 6.30. The molecule has 1 saturated carbocycles. The summed E-state index contributed by atoms with van der Waals surface area (Å²) >= 11 is 5.93. The van der Waals surface area contributed by atoms with Crippen molar-refractivity contribution in [2.45, 2.75) is 50.6 Å². The molecule has 6 nitrogen and oxygen atoms in total. The van der Waals surface area contributed by atoms with E-state index >= 15 is 0 Å². The van der Waals surface area contributed by atoms with Gasteiger partial charge in [0, 0.05) is 12.6 Å². The van der Waals surface area contributed by atoms with E-state index in [0.29, 0.717) is 18.4 Å². The molecular formula is C26H34N2O4S. The van der Waals surface area contributed by atoms with Crippen LogP contribution < -0.4 is 24.3 Å². The van der Waals surface area contributed by atoms with E-state index in [1.165, 1.54) is 37.7 Å². The molecule has 4 rings (SSSR count). The molecule has 0 bridgehead atoms. The van der Waals surface area contributed by atoms with Gasteiger partial charge in [0.1, 0.15) is 6.61 Å². The molecule has 33 heavy (non-hydrogen) atoms. The number of fused-ring (bicyclic) bond motifs is 1. The Hall–Kier alpha value is -2.67. The van der Waals surface area contributed by atoms with Crippen LogP contribution in [0.25, 0.3) is 0 Å². The number of para-hydroxylation sites is 2. The van der Waals surface area contributed by atoms with Crippen molar-refractivity contribution in [3.05, 3.63) is 47.5 Å². The lowest BCUT2D eigenvalue weighted by atomic mass is 9.92. The molecule has 7 heteroatoms. The minimum atomic E-state index is -0.0536. The van der Waals surface area contributed by atoms with Crippen LogP contribution >= 0.6 is 12.2 Å². The van der Waals surface area contributed by atoms with Crippen LogP contribution in [-0.2, 0) is 6.42 Å². The van der Waals surface area contributed by atoms with Crippen molar-refractivity contribution in [3.8, 4) is 23.0 Å². The first-order valence-corrected chi connectivity index (χ1v) is 12.1. The van der Waals surface area contributed by atoms with Gasteiger partial charge in [-0.1, -0.05) is 31.4 Å². The van der Waals surface area contributed by atoms with E-state index in [9.17, 15) is 0 Å². The molecule has 0 spiro atoms. The Balaban J connectivity index is 1.62. The van der Waals surface area contributed by atoms with Gasteiger partial charge < -0.3 is 29.2 Å². The largest absolute Gasteiger partial charge is 0.493 e. The first kappa shape index (κ1) is 23.5. The zero-order valence-corrected chi connectivity index (χ0v) is 20.6. The van der Waals surface area contributed by atoms with Gasteiger partial charge in [-0.25, -0.2) is 0 Å². The maximum absolute atomic E-state index is 6.30. The minimum Gasteiger partial charge on any atom is -0.493 e. The van der Waals surface area contributed by atoms with Crippen LogP contribution in [0.2, 0.25) is 0 Å². The molecule has 0 saturated heterocycles. The normalized spacial score (nSPS) is 18.3. The number of benzene rings is 2. The van der Waals surface area contributed by atoms with Crippen molar-refractivity contribution in [3.63, 3.8) is 0 Å². The molecule has 2 aliphatic rings. The molecule has 2 aromatic carbocycles. The number of methoxy groups -OCH3 is 3. The Bertz CT molecular complexity index is 961.